The van der Waals surface area contributed by atoms with Crippen LogP contribution in [-0.4, -0.2) is 44.3 Å². The van der Waals surface area contributed by atoms with Gasteiger partial charge in [0.15, 0.2) is 0 Å². The lowest BCUT2D eigenvalue weighted by Gasteiger charge is -2.32. The number of hydrogen-bond acceptors (Lipinski definition) is 4. The zero-order valence-electron chi connectivity index (χ0n) is 14.3. The molecule has 7 heteroatoms. The van der Waals surface area contributed by atoms with E-state index < -0.39 is 10.2 Å². The second-order valence-electron chi connectivity index (χ2n) is 5.99. The zero-order valence-corrected chi connectivity index (χ0v) is 15.1. The summed E-state index contributed by atoms with van der Waals surface area (Å²) in [6, 6.07) is 9.44. The number of benzene rings is 1. The van der Waals surface area contributed by atoms with Crippen molar-refractivity contribution in [3.63, 3.8) is 0 Å². The molecule has 0 spiro atoms. The van der Waals surface area contributed by atoms with E-state index >= 15 is 0 Å². The van der Waals surface area contributed by atoms with Crippen LogP contribution in [0.15, 0.2) is 24.3 Å². The molecule has 132 valence electrons. The summed E-state index contributed by atoms with van der Waals surface area (Å²) >= 11 is 0. The Bertz CT molecular complexity index is 667. The molecule has 1 aliphatic heterocycles. The molecule has 0 saturated carbocycles. The molecule has 1 atom stereocenters. The van der Waals surface area contributed by atoms with E-state index in [0.29, 0.717) is 6.54 Å². The highest BCUT2D eigenvalue weighted by molar-refractivity contribution is 7.86. The Hall–Kier alpha value is -1.62. The van der Waals surface area contributed by atoms with Gasteiger partial charge in [-0.2, -0.15) is 22.3 Å². The topological polar surface area (TPSA) is 73.6 Å². The van der Waals surface area contributed by atoms with Crippen LogP contribution in [0.1, 0.15) is 43.7 Å². The molecule has 0 aliphatic carbocycles. The molecule has 1 aromatic carbocycles. The van der Waals surface area contributed by atoms with Crippen molar-refractivity contribution in [3.8, 4) is 11.8 Å². The summed E-state index contributed by atoms with van der Waals surface area (Å²) in [7, 11) is -0.429. The van der Waals surface area contributed by atoms with E-state index in [1.54, 1.807) is 18.5 Å². The standard InChI is InChI=1S/C17H25N3O3S/c1-19(13-6-12-18)24(21,22)20-14-5-3-4-7-17(20)15-8-10-16(23-2)11-9-15/h8-11,17H,3-7,13-14H2,1-2H3/t17-/m1/s1. The first-order valence-corrected chi connectivity index (χ1v) is 9.64. The fraction of sp³-hybridized carbons (Fsp3) is 0.588. The van der Waals surface area contributed by atoms with Gasteiger partial charge in [0.2, 0.25) is 0 Å². The van der Waals surface area contributed by atoms with Crippen LogP contribution >= 0.6 is 0 Å². The molecule has 1 aromatic rings. The summed E-state index contributed by atoms with van der Waals surface area (Å²) < 4.78 is 34.0. The van der Waals surface area contributed by atoms with Gasteiger partial charge >= 0.3 is 0 Å². The molecule has 1 fully saturated rings. The molecule has 6 nitrogen and oxygen atoms in total. The normalized spacial score (nSPS) is 19.7. The lowest BCUT2D eigenvalue weighted by atomic mass is 10.0. The van der Waals surface area contributed by atoms with Gasteiger partial charge in [-0.1, -0.05) is 25.0 Å². The summed E-state index contributed by atoms with van der Waals surface area (Å²) in [4.78, 5) is 0. The number of rotatable bonds is 6. The summed E-state index contributed by atoms with van der Waals surface area (Å²) in [5, 5.41) is 8.72. The average Bonchev–Trinajstić information content (AvgIpc) is 2.86. The molecule has 0 unspecified atom stereocenters. The Morgan fingerprint density at radius 2 is 2.00 bits per heavy atom. The Morgan fingerprint density at radius 1 is 1.29 bits per heavy atom. The van der Waals surface area contributed by atoms with E-state index in [-0.39, 0.29) is 19.0 Å². The second-order valence-corrected chi connectivity index (χ2v) is 7.97. The Kier molecular flexibility index (Phi) is 6.60. The molecule has 0 aromatic heterocycles. The summed E-state index contributed by atoms with van der Waals surface area (Å²) in [6.45, 7) is 0.723. The number of methoxy groups -OCH3 is 1. The Labute approximate surface area is 144 Å². The number of hydrogen-bond donors (Lipinski definition) is 0. The van der Waals surface area contributed by atoms with Gasteiger partial charge in [-0.15, -0.1) is 0 Å². The third-order valence-electron chi connectivity index (χ3n) is 4.43. The van der Waals surface area contributed by atoms with E-state index in [2.05, 4.69) is 0 Å². The van der Waals surface area contributed by atoms with E-state index in [1.807, 2.05) is 30.3 Å². The molecule has 0 N–H and O–H groups in total. The van der Waals surface area contributed by atoms with Crippen molar-refractivity contribution in [1.29, 1.82) is 5.26 Å². The average molecular weight is 351 g/mol. The van der Waals surface area contributed by atoms with Crippen molar-refractivity contribution >= 4 is 10.2 Å². The molecule has 1 heterocycles. The maximum atomic E-state index is 13.0. The van der Waals surface area contributed by atoms with Crippen LogP contribution in [0, 0.1) is 11.3 Å². The van der Waals surface area contributed by atoms with E-state index in [0.717, 1.165) is 37.0 Å². The first-order chi connectivity index (χ1) is 11.5. The molecule has 0 radical (unpaired) electrons. The van der Waals surface area contributed by atoms with Gasteiger partial charge in [0.1, 0.15) is 5.75 Å². The number of nitrogens with zero attached hydrogens (tertiary/aromatic N) is 3. The maximum Gasteiger partial charge on any atom is 0.282 e. The van der Waals surface area contributed by atoms with Crippen molar-refractivity contribution in [2.45, 2.75) is 38.1 Å². The van der Waals surface area contributed by atoms with Gasteiger partial charge in [0.05, 0.1) is 19.2 Å². The molecule has 1 saturated heterocycles. The minimum absolute atomic E-state index is 0.173. The van der Waals surface area contributed by atoms with Gasteiger partial charge in [-0.25, -0.2) is 0 Å². The van der Waals surface area contributed by atoms with Crippen LogP contribution in [0.3, 0.4) is 0 Å². The van der Waals surface area contributed by atoms with Crippen molar-refractivity contribution < 1.29 is 13.2 Å². The minimum Gasteiger partial charge on any atom is -0.497 e. The first kappa shape index (κ1) is 18.7. The van der Waals surface area contributed by atoms with Crippen molar-refractivity contribution in [2.24, 2.45) is 0 Å². The minimum atomic E-state index is -3.59. The van der Waals surface area contributed by atoms with Gasteiger partial charge in [0, 0.05) is 26.6 Å². The predicted octanol–water partition coefficient (Wildman–Crippen LogP) is 2.70. The summed E-state index contributed by atoms with van der Waals surface area (Å²) in [5.41, 5.74) is 0.981. The van der Waals surface area contributed by atoms with E-state index in [4.69, 9.17) is 10.00 Å². The van der Waals surface area contributed by atoms with E-state index in [9.17, 15) is 8.42 Å². The van der Waals surface area contributed by atoms with Gasteiger partial charge in [-0.3, -0.25) is 0 Å². The third kappa shape index (κ3) is 4.26. The monoisotopic (exact) mass is 351 g/mol. The smallest absolute Gasteiger partial charge is 0.282 e. The molecular weight excluding hydrogens is 326 g/mol. The second kappa shape index (κ2) is 8.47. The molecule has 1 aliphatic rings. The molecule has 24 heavy (non-hydrogen) atoms. The quantitative estimate of drug-likeness (QED) is 0.790. The summed E-state index contributed by atoms with van der Waals surface area (Å²) in [5.74, 6) is 0.757. The van der Waals surface area contributed by atoms with Crippen LogP contribution < -0.4 is 4.74 Å². The van der Waals surface area contributed by atoms with Crippen LogP contribution in [0.4, 0.5) is 0 Å². The van der Waals surface area contributed by atoms with E-state index in [1.165, 1.54) is 4.31 Å². The molecule has 0 amide bonds. The lowest BCUT2D eigenvalue weighted by molar-refractivity contribution is 0.299. The highest BCUT2D eigenvalue weighted by Gasteiger charge is 2.34. The Balaban J connectivity index is 2.30. The highest BCUT2D eigenvalue weighted by atomic mass is 32.2. The fourth-order valence-corrected chi connectivity index (χ4v) is 4.61. The molecule has 0 bridgehead atoms. The lowest BCUT2D eigenvalue weighted by Crippen LogP contribution is -2.44. The van der Waals surface area contributed by atoms with Gasteiger partial charge < -0.3 is 4.74 Å². The maximum absolute atomic E-state index is 13.0. The van der Waals surface area contributed by atoms with Crippen LogP contribution in [0.25, 0.3) is 0 Å². The predicted molar refractivity (Wildman–Crippen MR) is 92.7 cm³/mol. The fourth-order valence-electron chi connectivity index (χ4n) is 3.02. The van der Waals surface area contributed by atoms with Crippen molar-refractivity contribution in [3.05, 3.63) is 29.8 Å². The van der Waals surface area contributed by atoms with Crippen molar-refractivity contribution in [1.82, 2.24) is 8.61 Å². The van der Waals surface area contributed by atoms with Crippen LogP contribution in [0.2, 0.25) is 0 Å². The van der Waals surface area contributed by atoms with Gasteiger partial charge in [-0.05, 0) is 30.5 Å². The highest BCUT2D eigenvalue weighted by Crippen LogP contribution is 2.33. The molecular formula is C17H25N3O3S. The van der Waals surface area contributed by atoms with Gasteiger partial charge in [0.25, 0.3) is 10.2 Å². The molecule has 2 rings (SSSR count). The van der Waals surface area contributed by atoms with Crippen molar-refractivity contribution in [2.75, 3.05) is 27.2 Å². The first-order valence-electron chi connectivity index (χ1n) is 8.24. The number of ether oxygens (including phenoxy) is 1. The SMILES string of the molecule is COc1ccc([C@H]2CCCCCN2S(=O)(=O)N(C)CCC#N)cc1. The Morgan fingerprint density at radius 3 is 2.62 bits per heavy atom. The summed E-state index contributed by atoms with van der Waals surface area (Å²) in [6.07, 6.45) is 3.89. The number of nitriles is 1. The largest absolute Gasteiger partial charge is 0.497 e. The van der Waals surface area contributed by atoms with Crippen LogP contribution in [-0.2, 0) is 10.2 Å². The third-order valence-corrected chi connectivity index (χ3v) is 6.43. The van der Waals surface area contributed by atoms with Crippen LogP contribution in [0.5, 0.6) is 5.75 Å². The zero-order chi connectivity index (χ0) is 17.6.